The number of furan rings is 1. The molecule has 0 radical (unpaired) electrons. The minimum atomic E-state index is -0.651. The van der Waals surface area contributed by atoms with Crippen LogP contribution >= 0.6 is 0 Å². The van der Waals surface area contributed by atoms with Gasteiger partial charge in [0, 0.05) is 6.92 Å². The third kappa shape index (κ3) is 2.82. The molecule has 0 fully saturated rings. The van der Waals surface area contributed by atoms with Crippen LogP contribution in [0.4, 0.5) is 5.88 Å². The monoisotopic (exact) mass is 264 g/mol. The van der Waals surface area contributed by atoms with Crippen LogP contribution in [0.2, 0.25) is 0 Å². The van der Waals surface area contributed by atoms with E-state index in [9.17, 15) is 9.59 Å². The van der Waals surface area contributed by atoms with E-state index in [2.05, 4.69) is 10.3 Å². The van der Waals surface area contributed by atoms with E-state index < -0.39 is 11.9 Å². The highest BCUT2D eigenvalue weighted by atomic mass is 16.5. The number of hydrogen-bond donors (Lipinski definition) is 1. The number of oxazole rings is 1. The molecule has 0 aliphatic rings. The van der Waals surface area contributed by atoms with Gasteiger partial charge in [-0.2, -0.15) is 0 Å². The lowest BCUT2D eigenvalue weighted by Crippen LogP contribution is -2.14. The van der Waals surface area contributed by atoms with Crippen LogP contribution < -0.4 is 5.32 Å². The van der Waals surface area contributed by atoms with Gasteiger partial charge in [-0.1, -0.05) is 0 Å². The van der Waals surface area contributed by atoms with Gasteiger partial charge in [0.1, 0.15) is 6.26 Å². The van der Waals surface area contributed by atoms with E-state index in [0.717, 1.165) is 0 Å². The number of ether oxygens (including phenoxy) is 1. The molecule has 2 rings (SSSR count). The quantitative estimate of drug-likeness (QED) is 0.849. The summed E-state index contributed by atoms with van der Waals surface area (Å²) in [6, 6.07) is 1.49. The van der Waals surface area contributed by atoms with Crippen LogP contribution in [0.5, 0.6) is 0 Å². The molecular formula is C12H12N2O5. The second-order valence-corrected chi connectivity index (χ2v) is 3.60. The minimum absolute atomic E-state index is 0.0397. The van der Waals surface area contributed by atoms with Gasteiger partial charge < -0.3 is 13.6 Å². The first-order chi connectivity index (χ1) is 9.11. The van der Waals surface area contributed by atoms with Crippen LogP contribution in [0.15, 0.2) is 27.4 Å². The second-order valence-electron chi connectivity index (χ2n) is 3.60. The maximum Gasteiger partial charge on any atom is 0.362 e. The van der Waals surface area contributed by atoms with E-state index in [-0.39, 0.29) is 24.1 Å². The van der Waals surface area contributed by atoms with Gasteiger partial charge in [0.05, 0.1) is 18.4 Å². The van der Waals surface area contributed by atoms with Gasteiger partial charge in [-0.15, -0.1) is 0 Å². The van der Waals surface area contributed by atoms with Gasteiger partial charge in [0.15, 0.2) is 5.89 Å². The third-order valence-corrected chi connectivity index (χ3v) is 2.21. The van der Waals surface area contributed by atoms with Crippen molar-refractivity contribution in [2.45, 2.75) is 13.8 Å². The molecule has 2 aromatic rings. The summed E-state index contributed by atoms with van der Waals surface area (Å²) in [5.41, 5.74) is 0.250. The SMILES string of the molecule is CCOC(=O)c1nc(C)oc1NC(=O)c1ccoc1. The molecule has 0 bridgehead atoms. The van der Waals surface area contributed by atoms with Crippen LogP contribution in [0, 0.1) is 6.92 Å². The maximum atomic E-state index is 11.8. The number of rotatable bonds is 4. The zero-order valence-electron chi connectivity index (χ0n) is 10.4. The zero-order valence-corrected chi connectivity index (χ0v) is 10.4. The van der Waals surface area contributed by atoms with E-state index in [1.807, 2.05) is 0 Å². The highest BCUT2D eigenvalue weighted by Gasteiger charge is 2.22. The second kappa shape index (κ2) is 5.38. The molecule has 0 aliphatic carbocycles. The van der Waals surface area contributed by atoms with Crippen LogP contribution in [-0.2, 0) is 4.74 Å². The van der Waals surface area contributed by atoms with Crippen molar-refractivity contribution in [1.29, 1.82) is 0 Å². The van der Waals surface area contributed by atoms with Gasteiger partial charge in [0.25, 0.3) is 5.91 Å². The fourth-order valence-electron chi connectivity index (χ4n) is 1.42. The van der Waals surface area contributed by atoms with E-state index in [1.54, 1.807) is 13.8 Å². The Morgan fingerprint density at radius 1 is 1.47 bits per heavy atom. The number of aromatic nitrogens is 1. The van der Waals surface area contributed by atoms with Crippen molar-refractivity contribution in [3.05, 3.63) is 35.7 Å². The average molecular weight is 264 g/mol. The normalized spacial score (nSPS) is 10.2. The largest absolute Gasteiger partial charge is 0.472 e. The number of carbonyl (C=O) groups is 2. The lowest BCUT2D eigenvalue weighted by atomic mass is 10.3. The van der Waals surface area contributed by atoms with Crippen molar-refractivity contribution >= 4 is 17.8 Å². The lowest BCUT2D eigenvalue weighted by Gasteiger charge is -2.02. The molecule has 7 heteroatoms. The van der Waals surface area contributed by atoms with Crippen molar-refractivity contribution in [2.75, 3.05) is 11.9 Å². The fraction of sp³-hybridized carbons (Fsp3) is 0.250. The van der Waals surface area contributed by atoms with E-state index in [1.165, 1.54) is 18.6 Å². The first-order valence-corrected chi connectivity index (χ1v) is 5.60. The molecule has 1 amide bonds. The molecule has 0 aliphatic heterocycles. The predicted molar refractivity (Wildman–Crippen MR) is 63.9 cm³/mol. The number of nitrogens with one attached hydrogen (secondary N) is 1. The third-order valence-electron chi connectivity index (χ3n) is 2.21. The molecule has 0 aromatic carbocycles. The Morgan fingerprint density at radius 3 is 2.89 bits per heavy atom. The molecule has 100 valence electrons. The summed E-state index contributed by atoms with van der Waals surface area (Å²) in [5, 5.41) is 2.44. The van der Waals surface area contributed by atoms with Gasteiger partial charge in [-0.25, -0.2) is 9.78 Å². The van der Waals surface area contributed by atoms with Crippen LogP contribution in [0.1, 0.15) is 33.7 Å². The number of amides is 1. The number of anilines is 1. The number of esters is 1. The molecule has 2 aromatic heterocycles. The van der Waals surface area contributed by atoms with E-state index >= 15 is 0 Å². The summed E-state index contributed by atoms with van der Waals surface area (Å²) in [6.07, 6.45) is 2.65. The van der Waals surface area contributed by atoms with Gasteiger partial charge in [0.2, 0.25) is 11.6 Å². The summed E-state index contributed by atoms with van der Waals surface area (Å²) < 4.78 is 14.8. The summed E-state index contributed by atoms with van der Waals surface area (Å²) >= 11 is 0. The summed E-state index contributed by atoms with van der Waals surface area (Å²) in [5.74, 6) is -0.898. The zero-order chi connectivity index (χ0) is 13.8. The van der Waals surface area contributed by atoms with Crippen molar-refractivity contribution < 1.29 is 23.2 Å². The Kier molecular flexibility index (Phi) is 3.65. The first-order valence-electron chi connectivity index (χ1n) is 5.60. The number of aryl methyl sites for hydroxylation is 1. The highest BCUT2D eigenvalue weighted by Crippen LogP contribution is 2.19. The summed E-state index contributed by atoms with van der Waals surface area (Å²) in [6.45, 7) is 3.45. The molecule has 1 N–H and O–H groups in total. The van der Waals surface area contributed by atoms with Crippen LogP contribution in [0.25, 0.3) is 0 Å². The Bertz CT molecular complexity index is 585. The number of carbonyl (C=O) groups excluding carboxylic acids is 2. The summed E-state index contributed by atoms with van der Waals surface area (Å²) in [7, 11) is 0. The standard InChI is InChI=1S/C12H12N2O5/c1-3-18-12(16)9-11(19-7(2)13-9)14-10(15)8-4-5-17-6-8/h4-6H,3H2,1-2H3,(H,14,15). The Balaban J connectivity index is 2.20. The van der Waals surface area contributed by atoms with Crippen LogP contribution in [0.3, 0.4) is 0 Å². The van der Waals surface area contributed by atoms with Gasteiger partial charge >= 0.3 is 5.97 Å². The first kappa shape index (κ1) is 12.9. The number of hydrogen-bond acceptors (Lipinski definition) is 6. The predicted octanol–water partition coefficient (Wildman–Crippen LogP) is 2.01. The Labute approximate surface area is 108 Å². The van der Waals surface area contributed by atoms with Crippen molar-refractivity contribution in [3.8, 4) is 0 Å². The molecule has 19 heavy (non-hydrogen) atoms. The van der Waals surface area contributed by atoms with Crippen molar-refractivity contribution in [3.63, 3.8) is 0 Å². The molecule has 0 saturated carbocycles. The van der Waals surface area contributed by atoms with Crippen molar-refractivity contribution in [2.24, 2.45) is 0 Å². The molecule has 0 atom stereocenters. The Morgan fingerprint density at radius 2 is 2.26 bits per heavy atom. The smallest absolute Gasteiger partial charge is 0.362 e. The molecule has 2 heterocycles. The molecular weight excluding hydrogens is 252 g/mol. The fourth-order valence-corrected chi connectivity index (χ4v) is 1.42. The topological polar surface area (TPSA) is 94.6 Å². The van der Waals surface area contributed by atoms with Crippen molar-refractivity contribution in [1.82, 2.24) is 4.98 Å². The maximum absolute atomic E-state index is 11.8. The molecule has 7 nitrogen and oxygen atoms in total. The lowest BCUT2D eigenvalue weighted by molar-refractivity contribution is 0.0521. The van der Waals surface area contributed by atoms with E-state index in [4.69, 9.17) is 13.6 Å². The Hall–Kier alpha value is -2.57. The van der Waals surface area contributed by atoms with Crippen LogP contribution in [-0.4, -0.2) is 23.5 Å². The summed E-state index contributed by atoms with van der Waals surface area (Å²) in [4.78, 5) is 27.3. The van der Waals surface area contributed by atoms with Gasteiger partial charge in [-0.05, 0) is 13.0 Å². The molecule has 0 saturated heterocycles. The van der Waals surface area contributed by atoms with Gasteiger partial charge in [-0.3, -0.25) is 10.1 Å². The minimum Gasteiger partial charge on any atom is -0.472 e. The average Bonchev–Trinajstić information content (AvgIpc) is 2.98. The molecule has 0 spiro atoms. The molecule has 0 unspecified atom stereocenters. The van der Waals surface area contributed by atoms with E-state index in [0.29, 0.717) is 5.56 Å². The highest BCUT2D eigenvalue weighted by molar-refractivity contribution is 6.06. The number of nitrogens with zero attached hydrogens (tertiary/aromatic N) is 1.